The quantitative estimate of drug-likeness (QED) is 0.620. The predicted octanol–water partition coefficient (Wildman–Crippen LogP) is 1.62. The fourth-order valence-corrected chi connectivity index (χ4v) is 1.66. The van der Waals surface area contributed by atoms with Crippen LogP contribution in [-0.4, -0.2) is 15.4 Å². The second-order valence-electron chi connectivity index (χ2n) is 4.13. The molecule has 2 aromatic heterocycles. The van der Waals surface area contributed by atoms with Crippen LogP contribution >= 0.6 is 0 Å². The Hall–Kier alpha value is -2.43. The standard InChI is InChI=1S/C14H14N2O3/c1-3-4-14(18)19-9-11-8-13(17)16-6-5-10(2)7-12(16)15-11/h3-8H,9H2,1-2H3/b4-3+. The molecule has 0 aromatic carbocycles. The largest absolute Gasteiger partial charge is 0.456 e. The summed E-state index contributed by atoms with van der Waals surface area (Å²) in [6.07, 6.45) is 4.59. The van der Waals surface area contributed by atoms with Gasteiger partial charge in [-0.1, -0.05) is 6.08 Å². The number of carbonyl (C=O) groups excluding carboxylic acids is 1. The molecule has 2 heterocycles. The minimum Gasteiger partial charge on any atom is -0.456 e. The Balaban J connectivity index is 2.30. The first-order chi connectivity index (χ1) is 9.10. The summed E-state index contributed by atoms with van der Waals surface area (Å²) >= 11 is 0. The van der Waals surface area contributed by atoms with Gasteiger partial charge >= 0.3 is 5.97 Å². The molecule has 98 valence electrons. The lowest BCUT2D eigenvalue weighted by atomic mass is 10.3. The van der Waals surface area contributed by atoms with Crippen LogP contribution in [0.4, 0.5) is 0 Å². The van der Waals surface area contributed by atoms with Crippen molar-refractivity contribution in [3.8, 4) is 0 Å². The zero-order valence-corrected chi connectivity index (χ0v) is 10.8. The maximum Gasteiger partial charge on any atom is 0.330 e. The molecule has 2 rings (SSSR count). The normalized spacial score (nSPS) is 11.1. The zero-order chi connectivity index (χ0) is 13.8. The second kappa shape index (κ2) is 5.48. The van der Waals surface area contributed by atoms with Crippen LogP contribution in [0, 0.1) is 6.92 Å². The average Bonchev–Trinajstić information content (AvgIpc) is 2.36. The van der Waals surface area contributed by atoms with Gasteiger partial charge in [0.2, 0.25) is 0 Å². The van der Waals surface area contributed by atoms with E-state index < -0.39 is 5.97 Å². The van der Waals surface area contributed by atoms with Crippen molar-refractivity contribution in [2.24, 2.45) is 0 Å². The Morgan fingerprint density at radius 1 is 1.47 bits per heavy atom. The molecule has 0 amide bonds. The topological polar surface area (TPSA) is 60.7 Å². The number of pyridine rings is 1. The highest BCUT2D eigenvalue weighted by Crippen LogP contribution is 2.04. The van der Waals surface area contributed by atoms with Crippen LogP contribution in [0.15, 0.2) is 41.3 Å². The zero-order valence-electron chi connectivity index (χ0n) is 10.8. The Bertz CT molecular complexity index is 701. The van der Waals surface area contributed by atoms with Gasteiger partial charge in [-0.25, -0.2) is 9.78 Å². The molecule has 0 atom stereocenters. The molecule has 0 saturated carbocycles. The molecule has 0 aliphatic heterocycles. The summed E-state index contributed by atoms with van der Waals surface area (Å²) in [5, 5.41) is 0. The molecule has 0 fully saturated rings. The average molecular weight is 258 g/mol. The van der Waals surface area contributed by atoms with Crippen molar-refractivity contribution in [2.45, 2.75) is 20.5 Å². The highest BCUT2D eigenvalue weighted by molar-refractivity contribution is 5.81. The van der Waals surface area contributed by atoms with Gasteiger partial charge in [0.15, 0.2) is 0 Å². The van der Waals surface area contributed by atoms with Crippen LogP contribution in [0.5, 0.6) is 0 Å². The Kier molecular flexibility index (Phi) is 3.75. The Morgan fingerprint density at radius 2 is 2.26 bits per heavy atom. The molecule has 5 nitrogen and oxygen atoms in total. The third-order valence-corrected chi connectivity index (χ3v) is 2.54. The van der Waals surface area contributed by atoms with Crippen molar-refractivity contribution >= 4 is 11.6 Å². The van der Waals surface area contributed by atoms with Crippen LogP contribution in [0.3, 0.4) is 0 Å². The smallest absolute Gasteiger partial charge is 0.330 e. The van der Waals surface area contributed by atoms with Gasteiger partial charge in [0.05, 0.1) is 5.69 Å². The van der Waals surface area contributed by atoms with E-state index in [0.29, 0.717) is 11.3 Å². The number of aryl methyl sites for hydroxylation is 1. The van der Waals surface area contributed by atoms with E-state index in [1.54, 1.807) is 25.3 Å². The lowest BCUT2D eigenvalue weighted by Crippen LogP contribution is -2.16. The fourth-order valence-electron chi connectivity index (χ4n) is 1.66. The molecule has 0 N–H and O–H groups in total. The van der Waals surface area contributed by atoms with Crippen molar-refractivity contribution in [2.75, 3.05) is 0 Å². The van der Waals surface area contributed by atoms with Crippen molar-refractivity contribution < 1.29 is 9.53 Å². The third kappa shape index (κ3) is 3.07. The SMILES string of the molecule is C/C=C/C(=O)OCc1cc(=O)n2ccc(C)cc2n1. The number of hydrogen-bond donors (Lipinski definition) is 0. The van der Waals surface area contributed by atoms with Crippen LogP contribution in [-0.2, 0) is 16.1 Å². The molecule has 0 aliphatic rings. The maximum absolute atomic E-state index is 11.8. The van der Waals surface area contributed by atoms with Crippen molar-refractivity contribution in [3.63, 3.8) is 0 Å². The molecule has 19 heavy (non-hydrogen) atoms. The van der Waals surface area contributed by atoms with Crippen molar-refractivity contribution in [3.05, 3.63) is 58.2 Å². The first-order valence-corrected chi connectivity index (χ1v) is 5.88. The Labute approximate surface area is 110 Å². The monoisotopic (exact) mass is 258 g/mol. The number of nitrogens with zero attached hydrogens (tertiary/aromatic N) is 2. The van der Waals surface area contributed by atoms with Gasteiger partial charge in [0.25, 0.3) is 5.56 Å². The lowest BCUT2D eigenvalue weighted by Gasteiger charge is -2.05. The molecule has 0 bridgehead atoms. The lowest BCUT2D eigenvalue weighted by molar-refractivity contribution is -0.139. The molecule has 0 unspecified atom stereocenters. The van der Waals surface area contributed by atoms with Crippen molar-refractivity contribution in [1.29, 1.82) is 0 Å². The molecular formula is C14H14N2O3. The maximum atomic E-state index is 11.8. The summed E-state index contributed by atoms with van der Waals surface area (Å²) in [4.78, 5) is 27.3. The van der Waals surface area contributed by atoms with E-state index in [4.69, 9.17) is 4.74 Å². The summed E-state index contributed by atoms with van der Waals surface area (Å²) < 4.78 is 6.41. The van der Waals surface area contributed by atoms with Crippen LogP contribution in [0.1, 0.15) is 18.2 Å². The number of esters is 1. The number of aromatic nitrogens is 2. The number of carbonyl (C=O) groups is 1. The third-order valence-electron chi connectivity index (χ3n) is 2.54. The fraction of sp³-hybridized carbons (Fsp3) is 0.214. The molecule has 5 heteroatoms. The van der Waals surface area contributed by atoms with E-state index in [-0.39, 0.29) is 12.2 Å². The van der Waals surface area contributed by atoms with E-state index in [2.05, 4.69) is 4.98 Å². The molecule has 0 saturated heterocycles. The highest BCUT2D eigenvalue weighted by Gasteiger charge is 2.04. The van der Waals surface area contributed by atoms with E-state index in [0.717, 1.165) is 5.56 Å². The summed E-state index contributed by atoms with van der Waals surface area (Å²) in [6.45, 7) is 3.64. The minimum atomic E-state index is -0.450. The first-order valence-electron chi connectivity index (χ1n) is 5.88. The number of hydrogen-bond acceptors (Lipinski definition) is 4. The van der Waals surface area contributed by atoms with Crippen molar-refractivity contribution in [1.82, 2.24) is 9.38 Å². The van der Waals surface area contributed by atoms with Crippen LogP contribution in [0.25, 0.3) is 5.65 Å². The van der Waals surface area contributed by atoms with Crippen LogP contribution in [0.2, 0.25) is 0 Å². The Morgan fingerprint density at radius 3 is 3.00 bits per heavy atom. The minimum absolute atomic E-state index is 0.0111. The summed E-state index contributed by atoms with van der Waals surface area (Å²) in [5.74, 6) is -0.450. The number of allylic oxidation sites excluding steroid dienone is 1. The number of fused-ring (bicyclic) bond motifs is 1. The van der Waals surface area contributed by atoms with Gasteiger partial charge in [-0.05, 0) is 31.5 Å². The summed E-state index contributed by atoms with van der Waals surface area (Å²) in [5.41, 5.74) is 1.80. The molecule has 0 aliphatic carbocycles. The predicted molar refractivity (Wildman–Crippen MR) is 70.8 cm³/mol. The van der Waals surface area contributed by atoms with Gasteiger partial charge in [-0.2, -0.15) is 0 Å². The number of rotatable bonds is 3. The molecule has 2 aromatic rings. The first kappa shape index (κ1) is 13.0. The van der Waals surface area contributed by atoms with E-state index >= 15 is 0 Å². The molecular weight excluding hydrogens is 244 g/mol. The van der Waals surface area contributed by atoms with Gasteiger partial charge < -0.3 is 4.74 Å². The van der Waals surface area contributed by atoms with Gasteiger partial charge in [-0.15, -0.1) is 0 Å². The second-order valence-corrected chi connectivity index (χ2v) is 4.13. The number of ether oxygens (including phenoxy) is 1. The van der Waals surface area contributed by atoms with Crippen LogP contribution < -0.4 is 5.56 Å². The van der Waals surface area contributed by atoms with E-state index in [1.807, 2.05) is 13.0 Å². The summed E-state index contributed by atoms with van der Waals surface area (Å²) in [6, 6.07) is 5.01. The van der Waals surface area contributed by atoms with E-state index in [1.165, 1.54) is 16.5 Å². The molecule has 0 spiro atoms. The van der Waals surface area contributed by atoms with Gasteiger partial charge in [0.1, 0.15) is 12.3 Å². The molecule has 0 radical (unpaired) electrons. The van der Waals surface area contributed by atoms with E-state index in [9.17, 15) is 9.59 Å². The summed E-state index contributed by atoms with van der Waals surface area (Å²) in [7, 11) is 0. The highest BCUT2D eigenvalue weighted by atomic mass is 16.5. The van der Waals surface area contributed by atoms with Gasteiger partial charge in [-0.3, -0.25) is 9.20 Å². The van der Waals surface area contributed by atoms with Gasteiger partial charge in [0, 0.05) is 18.3 Å².